The number of carbonyl (C=O) groups is 2. The molecule has 0 atom stereocenters. The highest BCUT2D eigenvalue weighted by molar-refractivity contribution is 6.11. The molecule has 2 aromatic carbocycles. The molecule has 1 aromatic heterocycles. The monoisotopic (exact) mass is 425 g/mol. The van der Waals surface area contributed by atoms with Crippen LogP contribution in [-0.4, -0.2) is 61.2 Å². The lowest BCUT2D eigenvalue weighted by molar-refractivity contribution is 0.0597. The van der Waals surface area contributed by atoms with E-state index in [9.17, 15) is 19.1 Å². The average Bonchev–Trinajstić information content (AvgIpc) is 2.74. The Balaban J connectivity index is 2.05. The molecule has 162 valence electrons. The number of ether oxygens (including phenoxy) is 1. The highest BCUT2D eigenvalue weighted by atomic mass is 19.1. The number of hydrogen-bond donors (Lipinski definition) is 2. The van der Waals surface area contributed by atoms with E-state index in [0.29, 0.717) is 24.9 Å². The molecule has 7 nitrogen and oxygen atoms in total. The van der Waals surface area contributed by atoms with Crippen LogP contribution in [0.2, 0.25) is 0 Å². The van der Waals surface area contributed by atoms with Gasteiger partial charge in [0.05, 0.1) is 7.11 Å². The van der Waals surface area contributed by atoms with Gasteiger partial charge in [-0.25, -0.2) is 9.18 Å². The summed E-state index contributed by atoms with van der Waals surface area (Å²) in [5, 5.41) is 13.8. The largest absolute Gasteiger partial charge is 0.505 e. The standard InChI is InChI=1S/C23H24FN3O4/c1-27(2)9-8-25-22(29)18-12-19(23(30)31-3)21(28)20-17(18)11-15(13-26-20)10-14-4-6-16(24)7-5-14/h4-7,11-13,28H,8-10H2,1-3H3,(H,25,29). The molecule has 8 heteroatoms. The van der Waals surface area contributed by atoms with E-state index in [1.807, 2.05) is 19.0 Å². The minimum absolute atomic E-state index is 0.128. The van der Waals surface area contributed by atoms with Crippen molar-refractivity contribution in [1.82, 2.24) is 15.2 Å². The van der Waals surface area contributed by atoms with Gasteiger partial charge in [0.2, 0.25) is 0 Å². The van der Waals surface area contributed by atoms with Gasteiger partial charge < -0.3 is 20.1 Å². The molecule has 3 rings (SSSR count). The molecule has 0 saturated carbocycles. The second-order valence-corrected chi connectivity index (χ2v) is 7.41. The Morgan fingerprint density at radius 2 is 1.84 bits per heavy atom. The summed E-state index contributed by atoms with van der Waals surface area (Å²) in [6.45, 7) is 1.05. The lowest BCUT2D eigenvalue weighted by Gasteiger charge is -2.14. The first-order chi connectivity index (χ1) is 14.8. The SMILES string of the molecule is COC(=O)c1cc(C(=O)NCCN(C)C)c2cc(Cc3ccc(F)cc3)cnc2c1O. The number of methoxy groups -OCH3 is 1. The third-order valence-electron chi connectivity index (χ3n) is 4.82. The first-order valence-corrected chi connectivity index (χ1v) is 9.70. The van der Waals surface area contributed by atoms with Crippen LogP contribution >= 0.6 is 0 Å². The van der Waals surface area contributed by atoms with Crippen LogP contribution in [-0.2, 0) is 11.2 Å². The Labute approximate surface area is 179 Å². The van der Waals surface area contributed by atoms with Gasteiger partial charge >= 0.3 is 5.97 Å². The van der Waals surface area contributed by atoms with E-state index in [0.717, 1.165) is 11.1 Å². The number of likely N-dealkylation sites (N-methyl/N-ethyl adjacent to an activating group) is 1. The molecule has 0 aliphatic rings. The summed E-state index contributed by atoms with van der Waals surface area (Å²) in [6.07, 6.45) is 2.02. The molecule has 2 N–H and O–H groups in total. The Morgan fingerprint density at radius 3 is 2.48 bits per heavy atom. The summed E-state index contributed by atoms with van der Waals surface area (Å²) in [7, 11) is 4.98. The number of benzene rings is 2. The van der Waals surface area contributed by atoms with E-state index >= 15 is 0 Å². The quantitative estimate of drug-likeness (QED) is 0.566. The fourth-order valence-corrected chi connectivity index (χ4v) is 3.20. The fraction of sp³-hybridized carbons (Fsp3) is 0.261. The van der Waals surface area contributed by atoms with Crippen molar-refractivity contribution in [3.63, 3.8) is 0 Å². The predicted molar refractivity (Wildman–Crippen MR) is 115 cm³/mol. The maximum atomic E-state index is 13.2. The summed E-state index contributed by atoms with van der Waals surface area (Å²) in [5.74, 6) is -1.82. The molecule has 0 saturated heterocycles. The van der Waals surface area contributed by atoms with Crippen molar-refractivity contribution in [3.05, 3.63) is 70.7 Å². The highest BCUT2D eigenvalue weighted by Crippen LogP contribution is 2.32. The number of pyridine rings is 1. The molecule has 31 heavy (non-hydrogen) atoms. The van der Waals surface area contributed by atoms with E-state index < -0.39 is 11.9 Å². The van der Waals surface area contributed by atoms with Gasteiger partial charge in [-0.3, -0.25) is 9.78 Å². The van der Waals surface area contributed by atoms with E-state index in [-0.39, 0.29) is 28.2 Å². The van der Waals surface area contributed by atoms with E-state index in [4.69, 9.17) is 4.74 Å². The zero-order valence-corrected chi connectivity index (χ0v) is 17.6. The third-order valence-corrected chi connectivity index (χ3v) is 4.82. The number of halogens is 1. The van der Waals surface area contributed by atoms with Gasteiger partial charge in [-0.15, -0.1) is 0 Å². The second-order valence-electron chi connectivity index (χ2n) is 7.41. The fourth-order valence-electron chi connectivity index (χ4n) is 3.20. The van der Waals surface area contributed by atoms with Crippen molar-refractivity contribution >= 4 is 22.8 Å². The van der Waals surface area contributed by atoms with Gasteiger partial charge in [0.15, 0.2) is 5.75 Å². The van der Waals surface area contributed by atoms with Crippen LogP contribution in [0, 0.1) is 5.82 Å². The van der Waals surface area contributed by atoms with E-state index in [2.05, 4.69) is 10.3 Å². The van der Waals surface area contributed by atoms with Crippen LogP contribution in [0.3, 0.4) is 0 Å². The minimum atomic E-state index is -0.765. The van der Waals surface area contributed by atoms with Gasteiger partial charge in [-0.1, -0.05) is 12.1 Å². The summed E-state index contributed by atoms with van der Waals surface area (Å²) in [5.41, 5.74) is 1.84. The van der Waals surface area contributed by atoms with Gasteiger partial charge in [0, 0.05) is 30.2 Å². The number of amides is 1. The third kappa shape index (κ3) is 5.16. The van der Waals surface area contributed by atoms with Crippen molar-refractivity contribution < 1.29 is 23.8 Å². The number of rotatable bonds is 7. The van der Waals surface area contributed by atoms with Crippen LogP contribution in [0.1, 0.15) is 31.8 Å². The number of phenolic OH excluding ortho intramolecular Hbond substituents is 1. The van der Waals surface area contributed by atoms with Crippen molar-refractivity contribution in [3.8, 4) is 5.75 Å². The van der Waals surface area contributed by atoms with Gasteiger partial charge in [-0.05, 0) is 55.9 Å². The maximum Gasteiger partial charge on any atom is 0.341 e. The first-order valence-electron chi connectivity index (χ1n) is 9.70. The van der Waals surface area contributed by atoms with Crippen molar-refractivity contribution in [2.75, 3.05) is 34.3 Å². The minimum Gasteiger partial charge on any atom is -0.505 e. The molecule has 1 heterocycles. The predicted octanol–water partition coefficient (Wildman–Crippen LogP) is 2.75. The summed E-state index contributed by atoms with van der Waals surface area (Å²) >= 11 is 0. The molecule has 3 aromatic rings. The van der Waals surface area contributed by atoms with Crippen molar-refractivity contribution in [1.29, 1.82) is 0 Å². The highest BCUT2D eigenvalue weighted by Gasteiger charge is 2.22. The molecular weight excluding hydrogens is 401 g/mol. The molecule has 0 aliphatic carbocycles. The topological polar surface area (TPSA) is 91.8 Å². The number of fused-ring (bicyclic) bond motifs is 1. The Bertz CT molecular complexity index is 1110. The number of aromatic nitrogens is 1. The van der Waals surface area contributed by atoms with Crippen LogP contribution < -0.4 is 5.32 Å². The van der Waals surface area contributed by atoms with E-state index in [1.54, 1.807) is 24.4 Å². The second kappa shape index (κ2) is 9.53. The van der Waals surface area contributed by atoms with E-state index in [1.165, 1.54) is 25.3 Å². The Hall–Kier alpha value is -3.52. The normalized spacial score (nSPS) is 11.0. The zero-order valence-electron chi connectivity index (χ0n) is 17.6. The number of hydrogen-bond acceptors (Lipinski definition) is 6. The number of phenols is 1. The van der Waals surface area contributed by atoms with Gasteiger partial charge in [-0.2, -0.15) is 0 Å². The molecule has 0 spiro atoms. The molecule has 0 unspecified atom stereocenters. The van der Waals surface area contributed by atoms with Crippen LogP contribution in [0.4, 0.5) is 4.39 Å². The molecule has 1 amide bonds. The summed E-state index contributed by atoms with van der Waals surface area (Å²) in [4.78, 5) is 31.2. The number of nitrogens with zero attached hydrogens (tertiary/aromatic N) is 2. The van der Waals surface area contributed by atoms with Gasteiger partial charge in [0.25, 0.3) is 5.91 Å². The smallest absolute Gasteiger partial charge is 0.341 e. The lowest BCUT2D eigenvalue weighted by atomic mass is 9.98. The molecule has 0 bridgehead atoms. The summed E-state index contributed by atoms with van der Waals surface area (Å²) < 4.78 is 17.9. The molecule has 0 aliphatic heterocycles. The number of carbonyl (C=O) groups excluding carboxylic acids is 2. The zero-order chi connectivity index (χ0) is 22.5. The molecule has 0 radical (unpaired) electrons. The summed E-state index contributed by atoms with van der Waals surface area (Å²) in [6, 6.07) is 9.16. The van der Waals surface area contributed by atoms with Crippen molar-refractivity contribution in [2.24, 2.45) is 0 Å². The Morgan fingerprint density at radius 1 is 1.13 bits per heavy atom. The van der Waals surface area contributed by atoms with Crippen LogP contribution in [0.25, 0.3) is 10.9 Å². The number of aromatic hydroxyl groups is 1. The van der Waals surface area contributed by atoms with Crippen LogP contribution in [0.5, 0.6) is 5.75 Å². The molecular formula is C23H24FN3O4. The number of nitrogens with one attached hydrogen (secondary N) is 1. The number of esters is 1. The van der Waals surface area contributed by atoms with Crippen LogP contribution in [0.15, 0.2) is 42.6 Å². The van der Waals surface area contributed by atoms with Crippen molar-refractivity contribution in [2.45, 2.75) is 6.42 Å². The first kappa shape index (κ1) is 22.2. The maximum absolute atomic E-state index is 13.2. The average molecular weight is 425 g/mol. The lowest BCUT2D eigenvalue weighted by Crippen LogP contribution is -2.31. The Kier molecular flexibility index (Phi) is 6.81. The molecule has 0 fully saturated rings. The van der Waals surface area contributed by atoms with Gasteiger partial charge in [0.1, 0.15) is 16.9 Å².